The van der Waals surface area contributed by atoms with Gasteiger partial charge in [-0.3, -0.25) is 4.98 Å². The predicted molar refractivity (Wildman–Crippen MR) is 66.9 cm³/mol. The maximum Gasteiger partial charge on any atom is 0.0878 e. The largest absolute Gasteiger partial charge is 0.360 e. The number of nitrogens with one attached hydrogen (secondary N) is 1. The fraction of sp³-hybridized carbons (Fsp3) is 0. The van der Waals surface area contributed by atoms with Gasteiger partial charge in [0.25, 0.3) is 0 Å². The van der Waals surface area contributed by atoms with Gasteiger partial charge < -0.3 is 4.98 Å². The molecule has 0 unspecified atom stereocenters. The second-order valence-electron chi connectivity index (χ2n) is 1.91. The molecule has 4 heteroatoms. The van der Waals surface area contributed by atoms with Crippen molar-refractivity contribution in [1.82, 2.24) is 9.97 Å². The molecule has 11 heavy (non-hydrogen) atoms. The first kappa shape index (κ1) is 11.2. The standard InChI is InChI=1S/C7H6N2.2HI/c1-2-6-7(8-4-1)3-5-9-6;;/h1-5,9H;2*1H. The minimum atomic E-state index is 0. The molecule has 0 aliphatic heterocycles. The molecule has 0 fully saturated rings. The van der Waals surface area contributed by atoms with Gasteiger partial charge in [0.05, 0.1) is 11.0 Å². The van der Waals surface area contributed by atoms with Crippen molar-refractivity contribution in [2.24, 2.45) is 0 Å². The van der Waals surface area contributed by atoms with Crippen molar-refractivity contribution in [3.05, 3.63) is 30.6 Å². The van der Waals surface area contributed by atoms with Crippen LogP contribution in [-0.4, -0.2) is 9.97 Å². The molecule has 2 aromatic rings. The molecule has 0 saturated carbocycles. The van der Waals surface area contributed by atoms with Gasteiger partial charge in [0.2, 0.25) is 0 Å². The van der Waals surface area contributed by atoms with Crippen molar-refractivity contribution < 1.29 is 0 Å². The molecule has 60 valence electrons. The minimum absolute atomic E-state index is 0. The number of rotatable bonds is 0. The molecular weight excluding hydrogens is 366 g/mol. The van der Waals surface area contributed by atoms with E-state index in [1.54, 1.807) is 6.20 Å². The Morgan fingerprint density at radius 1 is 1.18 bits per heavy atom. The highest BCUT2D eigenvalue weighted by atomic mass is 127. The average Bonchev–Trinajstić information content (AvgIpc) is 2.33. The van der Waals surface area contributed by atoms with Crippen LogP contribution in [-0.2, 0) is 0 Å². The van der Waals surface area contributed by atoms with E-state index in [-0.39, 0.29) is 48.0 Å². The molecule has 0 aromatic carbocycles. The minimum Gasteiger partial charge on any atom is -0.360 e. The lowest BCUT2D eigenvalue weighted by Crippen LogP contribution is -1.68. The van der Waals surface area contributed by atoms with E-state index in [0.29, 0.717) is 0 Å². The average molecular weight is 374 g/mol. The third-order valence-electron chi connectivity index (χ3n) is 1.32. The monoisotopic (exact) mass is 374 g/mol. The van der Waals surface area contributed by atoms with E-state index < -0.39 is 0 Å². The third kappa shape index (κ3) is 2.29. The Morgan fingerprint density at radius 2 is 2.00 bits per heavy atom. The first-order chi connectivity index (χ1) is 4.47. The lowest BCUT2D eigenvalue weighted by atomic mass is 10.4. The van der Waals surface area contributed by atoms with Crippen LogP contribution < -0.4 is 0 Å². The molecule has 0 saturated heterocycles. The van der Waals surface area contributed by atoms with E-state index in [4.69, 9.17) is 0 Å². The van der Waals surface area contributed by atoms with Crippen LogP contribution >= 0.6 is 48.0 Å². The molecule has 0 bridgehead atoms. The quantitative estimate of drug-likeness (QED) is 0.707. The second kappa shape index (κ2) is 4.91. The summed E-state index contributed by atoms with van der Waals surface area (Å²) in [5.41, 5.74) is 2.12. The summed E-state index contributed by atoms with van der Waals surface area (Å²) in [6.07, 6.45) is 3.67. The fourth-order valence-electron chi connectivity index (χ4n) is 0.883. The Bertz CT molecular complexity index is 288. The van der Waals surface area contributed by atoms with Gasteiger partial charge in [0, 0.05) is 12.4 Å². The summed E-state index contributed by atoms with van der Waals surface area (Å²) in [6, 6.07) is 5.87. The number of pyridine rings is 1. The van der Waals surface area contributed by atoms with Crippen LogP contribution in [0.4, 0.5) is 0 Å². The molecule has 0 aliphatic carbocycles. The summed E-state index contributed by atoms with van der Waals surface area (Å²) in [6.45, 7) is 0. The van der Waals surface area contributed by atoms with Gasteiger partial charge in [-0.15, -0.1) is 48.0 Å². The van der Waals surface area contributed by atoms with Gasteiger partial charge in [-0.05, 0) is 18.2 Å². The fourth-order valence-corrected chi connectivity index (χ4v) is 0.883. The highest BCUT2D eigenvalue weighted by Crippen LogP contribution is 2.05. The van der Waals surface area contributed by atoms with Crippen LogP contribution in [0.3, 0.4) is 0 Å². The molecule has 0 radical (unpaired) electrons. The van der Waals surface area contributed by atoms with Gasteiger partial charge in [-0.2, -0.15) is 0 Å². The number of fused-ring (bicyclic) bond motifs is 1. The normalized spacial score (nSPS) is 8.36. The van der Waals surface area contributed by atoms with E-state index in [1.807, 2.05) is 24.4 Å². The summed E-state index contributed by atoms with van der Waals surface area (Å²) in [4.78, 5) is 7.17. The molecular formula is C7H8I2N2. The van der Waals surface area contributed by atoms with Crippen molar-refractivity contribution >= 4 is 59.0 Å². The molecule has 0 aliphatic rings. The topological polar surface area (TPSA) is 28.7 Å². The van der Waals surface area contributed by atoms with Crippen LogP contribution in [0.5, 0.6) is 0 Å². The third-order valence-corrected chi connectivity index (χ3v) is 1.32. The number of halogens is 2. The van der Waals surface area contributed by atoms with Crippen molar-refractivity contribution in [2.75, 3.05) is 0 Å². The Morgan fingerprint density at radius 3 is 2.73 bits per heavy atom. The Labute approximate surface area is 98.8 Å². The van der Waals surface area contributed by atoms with E-state index in [2.05, 4.69) is 9.97 Å². The Balaban J connectivity index is 0.000000500. The van der Waals surface area contributed by atoms with Crippen LogP contribution in [0.1, 0.15) is 0 Å². The Hall–Kier alpha value is 0.150. The van der Waals surface area contributed by atoms with Gasteiger partial charge in [0.15, 0.2) is 0 Å². The van der Waals surface area contributed by atoms with E-state index in [1.165, 1.54) is 0 Å². The highest BCUT2D eigenvalue weighted by Gasteiger charge is 1.88. The van der Waals surface area contributed by atoms with E-state index in [0.717, 1.165) is 11.0 Å². The van der Waals surface area contributed by atoms with Gasteiger partial charge in [-0.1, -0.05) is 0 Å². The first-order valence-corrected chi connectivity index (χ1v) is 2.85. The lowest BCUT2D eigenvalue weighted by Gasteiger charge is -1.82. The zero-order valence-corrected chi connectivity index (χ0v) is 10.3. The second-order valence-corrected chi connectivity index (χ2v) is 1.91. The van der Waals surface area contributed by atoms with Gasteiger partial charge >= 0.3 is 0 Å². The van der Waals surface area contributed by atoms with E-state index in [9.17, 15) is 0 Å². The van der Waals surface area contributed by atoms with Crippen molar-refractivity contribution in [2.45, 2.75) is 0 Å². The van der Waals surface area contributed by atoms with Gasteiger partial charge in [0.1, 0.15) is 0 Å². The van der Waals surface area contributed by atoms with Crippen LogP contribution in [0, 0.1) is 0 Å². The van der Waals surface area contributed by atoms with Crippen LogP contribution in [0.15, 0.2) is 30.6 Å². The smallest absolute Gasteiger partial charge is 0.0878 e. The van der Waals surface area contributed by atoms with E-state index >= 15 is 0 Å². The molecule has 0 amide bonds. The Kier molecular flexibility index (Phi) is 4.98. The number of aromatic amines is 1. The summed E-state index contributed by atoms with van der Waals surface area (Å²) >= 11 is 0. The maximum absolute atomic E-state index is 4.11. The lowest BCUT2D eigenvalue weighted by molar-refractivity contribution is 1.41. The molecule has 0 spiro atoms. The number of aromatic nitrogens is 2. The number of hydrogen-bond donors (Lipinski definition) is 1. The van der Waals surface area contributed by atoms with Crippen molar-refractivity contribution in [3.63, 3.8) is 0 Å². The highest BCUT2D eigenvalue weighted by molar-refractivity contribution is 14.0. The first-order valence-electron chi connectivity index (χ1n) is 2.85. The van der Waals surface area contributed by atoms with Crippen molar-refractivity contribution in [1.29, 1.82) is 0 Å². The molecule has 1 N–H and O–H groups in total. The summed E-state index contributed by atoms with van der Waals surface area (Å²) in [7, 11) is 0. The molecule has 2 rings (SSSR count). The zero-order valence-electron chi connectivity index (χ0n) is 5.65. The SMILES string of the molecule is I.I.c1cnc2cc[nH]c2c1. The van der Waals surface area contributed by atoms with Crippen molar-refractivity contribution in [3.8, 4) is 0 Å². The van der Waals surface area contributed by atoms with Crippen LogP contribution in [0.2, 0.25) is 0 Å². The zero-order chi connectivity index (χ0) is 6.10. The number of hydrogen-bond acceptors (Lipinski definition) is 1. The molecule has 2 heterocycles. The molecule has 2 aromatic heterocycles. The maximum atomic E-state index is 4.11. The number of H-pyrrole nitrogens is 1. The summed E-state index contributed by atoms with van der Waals surface area (Å²) in [5, 5.41) is 0. The summed E-state index contributed by atoms with van der Waals surface area (Å²) < 4.78 is 0. The van der Waals surface area contributed by atoms with Crippen LogP contribution in [0.25, 0.3) is 11.0 Å². The molecule has 2 nitrogen and oxygen atoms in total. The molecule has 0 atom stereocenters. The van der Waals surface area contributed by atoms with Gasteiger partial charge in [-0.25, -0.2) is 0 Å². The summed E-state index contributed by atoms with van der Waals surface area (Å²) in [5.74, 6) is 0. The predicted octanol–water partition coefficient (Wildman–Crippen LogP) is 2.80. The number of nitrogens with zero attached hydrogens (tertiary/aromatic N) is 1.